The average molecular weight is 289 g/mol. The fourth-order valence-corrected chi connectivity index (χ4v) is 2.85. The maximum atomic E-state index is 13.8. The summed E-state index contributed by atoms with van der Waals surface area (Å²) in [7, 11) is 0. The molecule has 2 aromatic rings. The fourth-order valence-electron chi connectivity index (χ4n) is 2.85. The minimum absolute atomic E-state index is 0.232. The first-order valence-corrected chi connectivity index (χ1v) is 7.42. The fraction of sp³-hybridized carbons (Fsp3) is 0.438. The van der Waals surface area contributed by atoms with Crippen LogP contribution in [0.2, 0.25) is 0 Å². The Labute approximate surface area is 123 Å². The Bertz CT molecular complexity index is 605. The van der Waals surface area contributed by atoms with E-state index in [2.05, 4.69) is 5.10 Å². The summed E-state index contributed by atoms with van der Waals surface area (Å²) >= 11 is 0. The molecule has 21 heavy (non-hydrogen) atoms. The molecule has 4 nitrogen and oxygen atoms in total. The SMILES string of the molecule is NCc1cccc(F)c1OCc1ccn(C2CCCC2)n1. The van der Waals surface area contributed by atoms with Crippen LogP contribution in [0.4, 0.5) is 4.39 Å². The summed E-state index contributed by atoms with van der Waals surface area (Å²) in [6, 6.07) is 7.23. The summed E-state index contributed by atoms with van der Waals surface area (Å²) in [5, 5.41) is 4.53. The van der Waals surface area contributed by atoms with E-state index >= 15 is 0 Å². The molecular formula is C16H20FN3O. The van der Waals surface area contributed by atoms with Crippen molar-refractivity contribution < 1.29 is 9.13 Å². The number of nitrogens with two attached hydrogens (primary N) is 1. The van der Waals surface area contributed by atoms with E-state index in [1.165, 1.54) is 31.7 Å². The Morgan fingerprint density at radius 1 is 1.29 bits per heavy atom. The van der Waals surface area contributed by atoms with Crippen LogP contribution in [0.5, 0.6) is 5.75 Å². The van der Waals surface area contributed by atoms with Gasteiger partial charge in [0.05, 0.1) is 11.7 Å². The first kappa shape index (κ1) is 14.1. The van der Waals surface area contributed by atoms with Gasteiger partial charge in [-0.15, -0.1) is 0 Å². The molecule has 1 aromatic carbocycles. The second-order valence-electron chi connectivity index (χ2n) is 5.45. The molecule has 2 N–H and O–H groups in total. The molecular weight excluding hydrogens is 269 g/mol. The van der Waals surface area contributed by atoms with Crippen molar-refractivity contribution in [3.05, 3.63) is 47.5 Å². The Morgan fingerprint density at radius 2 is 2.10 bits per heavy atom. The Morgan fingerprint density at radius 3 is 2.86 bits per heavy atom. The first-order chi connectivity index (χ1) is 10.3. The molecule has 0 amide bonds. The van der Waals surface area contributed by atoms with Gasteiger partial charge in [0.25, 0.3) is 0 Å². The van der Waals surface area contributed by atoms with Crippen molar-refractivity contribution in [2.75, 3.05) is 0 Å². The van der Waals surface area contributed by atoms with E-state index in [1.807, 2.05) is 16.9 Å². The molecule has 0 spiro atoms. The number of nitrogens with zero attached hydrogens (tertiary/aromatic N) is 2. The van der Waals surface area contributed by atoms with E-state index in [9.17, 15) is 4.39 Å². The van der Waals surface area contributed by atoms with Crippen molar-refractivity contribution in [3.8, 4) is 5.75 Å². The third kappa shape index (κ3) is 3.08. The Balaban J connectivity index is 1.68. The minimum Gasteiger partial charge on any atom is -0.484 e. The van der Waals surface area contributed by atoms with Crippen molar-refractivity contribution in [3.63, 3.8) is 0 Å². The van der Waals surface area contributed by atoms with Crippen LogP contribution in [0.1, 0.15) is 43.0 Å². The molecule has 1 aliphatic rings. The second-order valence-corrected chi connectivity index (χ2v) is 5.45. The van der Waals surface area contributed by atoms with Crippen molar-refractivity contribution >= 4 is 0 Å². The summed E-state index contributed by atoms with van der Waals surface area (Å²) in [6.45, 7) is 0.511. The van der Waals surface area contributed by atoms with E-state index in [4.69, 9.17) is 10.5 Å². The van der Waals surface area contributed by atoms with E-state index < -0.39 is 0 Å². The van der Waals surface area contributed by atoms with Crippen LogP contribution in [0.3, 0.4) is 0 Å². The molecule has 5 heteroatoms. The lowest BCUT2D eigenvalue weighted by Crippen LogP contribution is -2.08. The topological polar surface area (TPSA) is 53.1 Å². The third-order valence-corrected chi connectivity index (χ3v) is 4.00. The highest BCUT2D eigenvalue weighted by atomic mass is 19.1. The lowest BCUT2D eigenvalue weighted by Gasteiger charge is -2.11. The maximum absolute atomic E-state index is 13.8. The standard InChI is InChI=1S/C16H20FN3O/c17-15-7-3-4-12(10-18)16(15)21-11-13-8-9-20(19-13)14-5-1-2-6-14/h3-4,7-9,14H,1-2,5-6,10-11,18H2. The normalized spacial score (nSPS) is 15.5. The van der Waals surface area contributed by atoms with Gasteiger partial charge >= 0.3 is 0 Å². The highest BCUT2D eigenvalue weighted by Crippen LogP contribution is 2.29. The van der Waals surface area contributed by atoms with Gasteiger partial charge < -0.3 is 10.5 Å². The van der Waals surface area contributed by atoms with Gasteiger partial charge in [-0.2, -0.15) is 5.10 Å². The molecule has 0 saturated heterocycles. The number of aromatic nitrogens is 2. The number of halogens is 1. The van der Waals surface area contributed by atoms with E-state index in [0.29, 0.717) is 11.6 Å². The van der Waals surface area contributed by atoms with Crippen LogP contribution in [-0.4, -0.2) is 9.78 Å². The van der Waals surface area contributed by atoms with Gasteiger partial charge in [0.15, 0.2) is 11.6 Å². The summed E-state index contributed by atoms with van der Waals surface area (Å²) in [6.07, 6.45) is 6.90. The second kappa shape index (κ2) is 6.26. The molecule has 0 radical (unpaired) electrons. The van der Waals surface area contributed by atoms with Gasteiger partial charge in [0.2, 0.25) is 0 Å². The van der Waals surface area contributed by atoms with Gasteiger partial charge in [-0.25, -0.2) is 4.39 Å². The van der Waals surface area contributed by atoms with Crippen molar-refractivity contribution in [2.45, 2.75) is 44.9 Å². The van der Waals surface area contributed by atoms with Gasteiger partial charge in [-0.1, -0.05) is 25.0 Å². The van der Waals surface area contributed by atoms with Gasteiger partial charge in [0.1, 0.15) is 6.61 Å². The van der Waals surface area contributed by atoms with Gasteiger partial charge in [0, 0.05) is 18.3 Å². The molecule has 0 unspecified atom stereocenters. The zero-order valence-electron chi connectivity index (χ0n) is 12.0. The van der Waals surface area contributed by atoms with Crippen LogP contribution in [0, 0.1) is 5.82 Å². The highest BCUT2D eigenvalue weighted by Gasteiger charge is 2.17. The molecule has 3 rings (SSSR count). The minimum atomic E-state index is -0.381. The molecule has 1 saturated carbocycles. The number of rotatable bonds is 5. The van der Waals surface area contributed by atoms with E-state index in [1.54, 1.807) is 12.1 Å². The predicted molar refractivity (Wildman–Crippen MR) is 78.4 cm³/mol. The largest absolute Gasteiger partial charge is 0.484 e. The van der Waals surface area contributed by atoms with E-state index in [0.717, 1.165) is 5.69 Å². The molecule has 112 valence electrons. The highest BCUT2D eigenvalue weighted by molar-refractivity contribution is 5.34. The van der Waals surface area contributed by atoms with Crippen LogP contribution < -0.4 is 10.5 Å². The van der Waals surface area contributed by atoms with Crippen molar-refractivity contribution in [1.82, 2.24) is 9.78 Å². The maximum Gasteiger partial charge on any atom is 0.165 e. The van der Waals surface area contributed by atoms with Gasteiger partial charge in [-0.3, -0.25) is 4.68 Å². The average Bonchev–Trinajstić information content (AvgIpc) is 3.16. The number of hydrogen-bond acceptors (Lipinski definition) is 3. The lowest BCUT2D eigenvalue weighted by atomic mass is 10.2. The summed E-state index contributed by atoms with van der Waals surface area (Å²) in [4.78, 5) is 0. The van der Waals surface area contributed by atoms with Gasteiger partial charge in [-0.05, 0) is 25.0 Å². The lowest BCUT2D eigenvalue weighted by molar-refractivity contribution is 0.280. The smallest absolute Gasteiger partial charge is 0.165 e. The zero-order chi connectivity index (χ0) is 14.7. The molecule has 0 atom stereocenters. The Kier molecular flexibility index (Phi) is 4.20. The molecule has 1 aromatic heterocycles. The summed E-state index contributed by atoms with van der Waals surface area (Å²) in [5.41, 5.74) is 7.09. The molecule has 1 fully saturated rings. The molecule has 1 aliphatic carbocycles. The number of ether oxygens (including phenoxy) is 1. The predicted octanol–water partition coefficient (Wildman–Crippen LogP) is 3.18. The van der Waals surface area contributed by atoms with Crippen LogP contribution in [0.15, 0.2) is 30.5 Å². The van der Waals surface area contributed by atoms with Crippen molar-refractivity contribution in [2.24, 2.45) is 5.73 Å². The molecule has 1 heterocycles. The van der Waals surface area contributed by atoms with Crippen LogP contribution in [0.25, 0.3) is 0 Å². The number of para-hydroxylation sites is 1. The summed E-state index contributed by atoms with van der Waals surface area (Å²) in [5.74, 6) is -0.149. The van der Waals surface area contributed by atoms with Crippen molar-refractivity contribution in [1.29, 1.82) is 0 Å². The van der Waals surface area contributed by atoms with Crippen LogP contribution in [-0.2, 0) is 13.2 Å². The quantitative estimate of drug-likeness (QED) is 0.919. The molecule has 0 aliphatic heterocycles. The van der Waals surface area contributed by atoms with Crippen LogP contribution >= 0.6 is 0 Å². The zero-order valence-corrected chi connectivity index (χ0v) is 12.0. The monoisotopic (exact) mass is 289 g/mol. The summed E-state index contributed by atoms with van der Waals surface area (Å²) < 4.78 is 21.4. The number of hydrogen-bond donors (Lipinski definition) is 1. The first-order valence-electron chi connectivity index (χ1n) is 7.42. The Hall–Kier alpha value is -1.88. The third-order valence-electron chi connectivity index (χ3n) is 4.00. The van der Waals surface area contributed by atoms with E-state index in [-0.39, 0.29) is 24.7 Å². The molecule has 0 bridgehead atoms. The number of benzene rings is 1.